The molecule has 0 aromatic carbocycles. The molecule has 12 unspecified atom stereocenters. The lowest BCUT2D eigenvalue weighted by Gasteiger charge is -2.43. The van der Waals surface area contributed by atoms with Crippen molar-refractivity contribution in [3.63, 3.8) is 0 Å². The molecule has 4 aliphatic rings. The Morgan fingerprint density at radius 3 is 2.22 bits per heavy atom. The van der Waals surface area contributed by atoms with Crippen molar-refractivity contribution in [1.29, 1.82) is 0 Å². The number of amides is 1. The minimum absolute atomic E-state index is 0.138. The summed E-state index contributed by atoms with van der Waals surface area (Å²) in [5.41, 5.74) is 0. The van der Waals surface area contributed by atoms with Gasteiger partial charge in [-0.25, -0.2) is 0 Å². The Balaban J connectivity index is 1.24. The Morgan fingerprint density at radius 1 is 0.878 bits per heavy atom. The van der Waals surface area contributed by atoms with Gasteiger partial charge >= 0.3 is 0 Å². The summed E-state index contributed by atoms with van der Waals surface area (Å²) in [5, 5.41) is 73.7. The van der Waals surface area contributed by atoms with E-state index in [1.54, 1.807) is 26.8 Å². The Labute approximate surface area is 284 Å². The van der Waals surface area contributed by atoms with Gasteiger partial charge in [0.2, 0.25) is 5.91 Å². The maximum atomic E-state index is 12.2. The van der Waals surface area contributed by atoms with E-state index >= 15 is 0 Å². The first-order valence-electron chi connectivity index (χ1n) is 16.5. The number of hydrogen-bond acceptors (Lipinski definition) is 17. The van der Waals surface area contributed by atoms with E-state index in [-0.39, 0.29) is 13.0 Å². The van der Waals surface area contributed by atoms with E-state index in [0.717, 1.165) is 0 Å². The molecule has 49 heavy (non-hydrogen) atoms. The molecule has 0 aromatic rings. The first kappa shape index (κ1) is 40.3. The number of rotatable bonds is 19. The van der Waals surface area contributed by atoms with Crippen LogP contribution in [0.2, 0.25) is 0 Å². The molecule has 0 bridgehead atoms. The maximum absolute atomic E-state index is 12.2. The first-order valence-corrected chi connectivity index (χ1v) is 16.5. The third kappa shape index (κ3) is 10.8. The van der Waals surface area contributed by atoms with Gasteiger partial charge in [-0.2, -0.15) is 0 Å². The second-order valence-electron chi connectivity index (χ2n) is 13.0. The number of ether oxygens (including phenoxy) is 9. The molecule has 18 heteroatoms. The van der Waals surface area contributed by atoms with Gasteiger partial charge in [-0.05, 0) is 27.7 Å². The highest BCUT2D eigenvalue weighted by Crippen LogP contribution is 2.39. The van der Waals surface area contributed by atoms with Crippen molar-refractivity contribution < 1.29 is 83.2 Å². The summed E-state index contributed by atoms with van der Waals surface area (Å²) >= 11 is 0. The molecule has 19 atom stereocenters. The van der Waals surface area contributed by atoms with E-state index in [1.165, 1.54) is 27.0 Å². The summed E-state index contributed by atoms with van der Waals surface area (Å²) in [6.45, 7) is 7.11. The number of aliphatic hydroxyl groups excluding tert-OH is 7. The van der Waals surface area contributed by atoms with Crippen molar-refractivity contribution in [3.8, 4) is 0 Å². The lowest BCUT2D eigenvalue weighted by Crippen LogP contribution is -2.64. The summed E-state index contributed by atoms with van der Waals surface area (Å²) in [5.74, 6) is -0.881. The van der Waals surface area contributed by atoms with E-state index < -0.39 is 129 Å². The zero-order chi connectivity index (χ0) is 36.2. The molecule has 284 valence electrons. The molecule has 8 N–H and O–H groups in total. The smallest absolute Gasteiger partial charge is 0.222 e. The molecule has 0 aromatic heterocycles. The third-order valence-corrected chi connectivity index (χ3v) is 8.74. The number of methoxy groups -OCH3 is 1. The van der Waals surface area contributed by atoms with Crippen molar-refractivity contribution in [3.05, 3.63) is 12.2 Å². The monoisotopic (exact) mass is 711 g/mol. The second kappa shape index (κ2) is 17.9. The molecule has 0 spiro atoms. The van der Waals surface area contributed by atoms with Crippen molar-refractivity contribution in [2.75, 3.05) is 20.3 Å². The van der Waals surface area contributed by atoms with Gasteiger partial charge in [0, 0.05) is 13.0 Å². The van der Waals surface area contributed by atoms with Gasteiger partial charge < -0.3 is 83.7 Å². The molecule has 4 saturated heterocycles. The quantitative estimate of drug-likeness (QED) is 0.0376. The van der Waals surface area contributed by atoms with Crippen LogP contribution in [0.1, 0.15) is 41.0 Å². The van der Waals surface area contributed by atoms with Crippen LogP contribution in [0.4, 0.5) is 0 Å². The van der Waals surface area contributed by atoms with Crippen LogP contribution in [-0.2, 0) is 47.4 Å². The Bertz CT molecular complexity index is 1070. The van der Waals surface area contributed by atoms with E-state index in [2.05, 4.69) is 5.32 Å². The number of fused-ring (bicyclic) bond motifs is 1. The summed E-state index contributed by atoms with van der Waals surface area (Å²) < 4.78 is 51.2. The molecule has 4 fully saturated rings. The largest absolute Gasteiger partial charge is 0.393 e. The average molecular weight is 712 g/mol. The number of epoxide rings is 2. The lowest BCUT2D eigenvalue weighted by molar-refractivity contribution is -0.291. The third-order valence-electron chi connectivity index (χ3n) is 8.74. The molecule has 0 aliphatic carbocycles. The van der Waals surface area contributed by atoms with E-state index in [9.17, 15) is 40.5 Å². The lowest BCUT2D eigenvalue weighted by atomic mass is 9.96. The van der Waals surface area contributed by atoms with Crippen molar-refractivity contribution in [1.82, 2.24) is 5.32 Å². The fraction of sp³-hybridized carbons (Fsp3) is 0.903. The Kier molecular flexibility index (Phi) is 14.7. The molecule has 0 radical (unpaired) electrons. The van der Waals surface area contributed by atoms with Crippen LogP contribution in [0, 0.1) is 5.92 Å². The molecule has 4 rings (SSSR count). The number of aliphatic hydroxyl groups is 7. The SMILES string of the molecule is COC1C(O)[C@H](NC(=O)CC(C)O)C(C)O[C@H]1OC(C)[C@H]1OC1O[C@H](CO)OC1C(O)[C@H](OCC(O)/C=C\C(C)[C@H](O)C(C)O)OC2O[C@@H]21. The fourth-order valence-electron chi connectivity index (χ4n) is 5.79. The standard InChI is InChI=1S/C31H53NO17/c1-12(21(38)14(3)35)7-8-17(36)11-42-28-23(40)25(27-31(48-27)49-28)45-19(10-33)46-29-24(47-29)16(5)44-30-26(41-6)22(39)20(15(4)43-30)32-18(37)9-13(2)34/h7-8,12-17,19-31,33-36,38-40H,9-11H2,1-6H3,(H,32,37)/b8-7-/t12?,13?,14?,15?,16?,17?,19-,20-,21+,22?,23?,24-,25?,26?,27-,28-,29?,30+,31?/m1/s1. The van der Waals surface area contributed by atoms with E-state index in [4.69, 9.17) is 42.6 Å². The van der Waals surface area contributed by atoms with Gasteiger partial charge in [0.1, 0.15) is 36.6 Å². The van der Waals surface area contributed by atoms with Crippen LogP contribution in [0.15, 0.2) is 12.2 Å². The van der Waals surface area contributed by atoms with Gasteiger partial charge in [-0.15, -0.1) is 0 Å². The summed E-state index contributed by atoms with van der Waals surface area (Å²) in [6, 6.07) is -0.810. The van der Waals surface area contributed by atoms with Crippen LogP contribution in [0.5, 0.6) is 0 Å². The summed E-state index contributed by atoms with van der Waals surface area (Å²) in [6.07, 6.45) is -13.3. The second-order valence-corrected chi connectivity index (χ2v) is 13.0. The van der Waals surface area contributed by atoms with Gasteiger partial charge in [-0.1, -0.05) is 19.1 Å². The normalized spacial score (nSPS) is 40.1. The fourth-order valence-corrected chi connectivity index (χ4v) is 5.79. The van der Waals surface area contributed by atoms with Crippen molar-refractivity contribution in [2.45, 2.75) is 152 Å². The number of hydrogen-bond donors (Lipinski definition) is 8. The predicted octanol–water partition coefficient (Wildman–Crippen LogP) is -3.03. The van der Waals surface area contributed by atoms with E-state index in [0.29, 0.717) is 0 Å². The zero-order valence-corrected chi connectivity index (χ0v) is 28.5. The van der Waals surface area contributed by atoms with Crippen LogP contribution in [0.3, 0.4) is 0 Å². The highest BCUT2D eigenvalue weighted by molar-refractivity contribution is 5.76. The maximum Gasteiger partial charge on any atom is 0.222 e. The van der Waals surface area contributed by atoms with Crippen LogP contribution < -0.4 is 5.32 Å². The number of carbonyl (C=O) groups is 1. The van der Waals surface area contributed by atoms with E-state index in [1.807, 2.05) is 0 Å². The minimum Gasteiger partial charge on any atom is -0.393 e. The Morgan fingerprint density at radius 2 is 1.59 bits per heavy atom. The molecule has 4 heterocycles. The zero-order valence-electron chi connectivity index (χ0n) is 28.5. The highest BCUT2D eigenvalue weighted by atomic mass is 16.9. The van der Waals surface area contributed by atoms with Gasteiger partial charge in [0.25, 0.3) is 0 Å². The van der Waals surface area contributed by atoms with Crippen LogP contribution >= 0.6 is 0 Å². The minimum atomic E-state index is -1.38. The Hall–Kier alpha value is -1.43. The van der Waals surface area contributed by atoms with Gasteiger partial charge in [0.05, 0.1) is 62.3 Å². The van der Waals surface area contributed by atoms with Gasteiger partial charge in [0.15, 0.2) is 31.5 Å². The van der Waals surface area contributed by atoms with Crippen LogP contribution in [0.25, 0.3) is 0 Å². The van der Waals surface area contributed by atoms with Gasteiger partial charge in [-0.3, -0.25) is 4.79 Å². The molecule has 1 amide bonds. The average Bonchev–Trinajstić information content (AvgIpc) is 3.97. The summed E-state index contributed by atoms with van der Waals surface area (Å²) in [4.78, 5) is 12.2. The van der Waals surface area contributed by atoms with Crippen molar-refractivity contribution >= 4 is 5.91 Å². The van der Waals surface area contributed by atoms with Crippen LogP contribution in [-0.4, -0.2) is 173 Å². The van der Waals surface area contributed by atoms with Crippen molar-refractivity contribution in [2.24, 2.45) is 5.92 Å². The topological polar surface area (TPSA) is 260 Å². The molecule has 4 aliphatic heterocycles. The molecule has 0 saturated carbocycles. The summed E-state index contributed by atoms with van der Waals surface area (Å²) in [7, 11) is 1.37. The molecular formula is C31H53NO17. The highest BCUT2D eigenvalue weighted by Gasteiger charge is 2.59. The molecule has 18 nitrogen and oxygen atoms in total. The predicted molar refractivity (Wildman–Crippen MR) is 163 cm³/mol. The number of nitrogens with one attached hydrogen (secondary N) is 1. The first-order chi connectivity index (χ1) is 23.1. The number of carbonyl (C=O) groups excluding carboxylic acids is 1. The molecular weight excluding hydrogens is 658 g/mol.